The summed E-state index contributed by atoms with van der Waals surface area (Å²) < 4.78 is 11.5. The van der Waals surface area contributed by atoms with Gasteiger partial charge in [0.05, 0.1) is 12.0 Å². The van der Waals surface area contributed by atoms with E-state index < -0.39 is 23.5 Å². The number of furan rings is 1. The molecule has 1 atom stereocenters. The van der Waals surface area contributed by atoms with Crippen LogP contribution in [0.3, 0.4) is 0 Å². The van der Waals surface area contributed by atoms with Crippen LogP contribution >= 0.6 is 0 Å². The monoisotopic (exact) mass is 426 g/mol. The van der Waals surface area contributed by atoms with Crippen molar-refractivity contribution in [3.8, 4) is 0 Å². The molecule has 0 saturated heterocycles. The Bertz CT molecular complexity index is 1220. The quantitative estimate of drug-likeness (QED) is 0.554. The van der Waals surface area contributed by atoms with Gasteiger partial charge in [-0.3, -0.25) is 4.79 Å². The minimum Gasteiger partial charge on any atom is -0.548 e. The Hall–Kier alpha value is -3.09. The minimum atomic E-state index is -1.30. The Balaban J connectivity index is 1.90. The van der Waals surface area contributed by atoms with Gasteiger partial charge in [-0.2, -0.15) is 0 Å². The van der Waals surface area contributed by atoms with Crippen LogP contribution in [-0.2, 0) is 16.0 Å². The molecule has 166 valence electrons. The molecule has 0 aliphatic heterocycles. The van der Waals surface area contributed by atoms with Crippen LogP contribution in [-0.4, -0.2) is 17.9 Å². The van der Waals surface area contributed by atoms with Gasteiger partial charge in [-0.05, 0) is 57.7 Å². The highest BCUT2D eigenvalue weighted by Crippen LogP contribution is 2.34. The molecule has 0 saturated carbocycles. The van der Waals surface area contributed by atoms with Crippen molar-refractivity contribution < 1.29 is 23.5 Å². The maximum Gasteiger partial charge on any atom is 0.339 e. The third-order valence-electron chi connectivity index (χ3n) is 6.01. The van der Waals surface area contributed by atoms with Crippen LogP contribution < -0.4 is 16.0 Å². The van der Waals surface area contributed by atoms with Crippen LogP contribution in [0.15, 0.2) is 19.7 Å². The van der Waals surface area contributed by atoms with E-state index in [1.807, 2.05) is 40.7 Å². The molecule has 2 aromatic heterocycles. The second-order valence-corrected chi connectivity index (χ2v) is 8.11. The van der Waals surface area contributed by atoms with E-state index in [1.54, 1.807) is 0 Å². The number of aryl methyl sites for hydroxylation is 4. The van der Waals surface area contributed by atoms with Gasteiger partial charge in [-0.1, -0.05) is 19.8 Å². The molecule has 1 amide bonds. The lowest BCUT2D eigenvalue weighted by atomic mass is 9.98. The summed E-state index contributed by atoms with van der Waals surface area (Å²) in [6, 6.07) is 0.937. The Morgan fingerprint density at radius 1 is 1.03 bits per heavy atom. The number of hydrogen-bond donors (Lipinski definition) is 1. The first-order valence-corrected chi connectivity index (χ1v) is 10.6. The average molecular weight is 426 g/mol. The highest BCUT2D eigenvalue weighted by atomic mass is 16.4. The lowest BCUT2D eigenvalue weighted by Gasteiger charge is -2.19. The second kappa shape index (κ2) is 8.96. The van der Waals surface area contributed by atoms with Gasteiger partial charge >= 0.3 is 5.63 Å². The molecule has 2 heterocycles. The fourth-order valence-electron chi connectivity index (χ4n) is 3.94. The van der Waals surface area contributed by atoms with Gasteiger partial charge in [0, 0.05) is 28.3 Å². The molecule has 3 rings (SSSR count). The topological polar surface area (TPSA) is 113 Å². The number of fused-ring (bicyclic) bond motifs is 2. The van der Waals surface area contributed by atoms with Gasteiger partial charge in [-0.25, -0.2) is 4.79 Å². The molecular formula is C24H28NO6-. The standard InChI is InChI=1S/C24H29NO6/c1-6-7-8-19(23(27)28)25-20(26)10-9-16-13(3)18-11-17-12(2)15(5)30-21(17)14(4)22(18)31-24(16)29/h11,19H,6-10H2,1-5H3,(H,25,26)(H,27,28)/p-1/t19-/m1/s1. The normalized spacial score (nSPS) is 12.4. The number of carboxylic acids is 1. The largest absolute Gasteiger partial charge is 0.548 e. The number of carbonyl (C=O) groups is 2. The summed E-state index contributed by atoms with van der Waals surface area (Å²) in [5, 5.41) is 15.5. The Morgan fingerprint density at radius 2 is 1.68 bits per heavy atom. The van der Waals surface area contributed by atoms with E-state index in [9.17, 15) is 19.5 Å². The van der Waals surface area contributed by atoms with Crippen molar-refractivity contribution in [3.63, 3.8) is 0 Å². The van der Waals surface area contributed by atoms with E-state index in [1.165, 1.54) is 0 Å². The van der Waals surface area contributed by atoms with Crippen molar-refractivity contribution in [1.29, 1.82) is 0 Å². The number of amides is 1. The molecule has 0 aliphatic carbocycles. The van der Waals surface area contributed by atoms with Crippen molar-refractivity contribution in [1.82, 2.24) is 5.32 Å². The maximum absolute atomic E-state index is 12.7. The predicted molar refractivity (Wildman–Crippen MR) is 116 cm³/mol. The molecule has 1 N–H and O–H groups in total. The summed E-state index contributed by atoms with van der Waals surface area (Å²) in [6.07, 6.45) is 1.95. The molecule has 7 heteroatoms. The summed E-state index contributed by atoms with van der Waals surface area (Å²) >= 11 is 0. The molecular weight excluding hydrogens is 398 g/mol. The van der Waals surface area contributed by atoms with Crippen LogP contribution in [0.2, 0.25) is 0 Å². The maximum atomic E-state index is 12.7. The summed E-state index contributed by atoms with van der Waals surface area (Å²) in [5.74, 6) is -0.915. The fraction of sp³-hybridized carbons (Fsp3) is 0.458. The van der Waals surface area contributed by atoms with Gasteiger partial charge in [-0.15, -0.1) is 0 Å². The fourth-order valence-corrected chi connectivity index (χ4v) is 3.94. The molecule has 0 spiro atoms. The van der Waals surface area contributed by atoms with Gasteiger partial charge in [0.25, 0.3) is 0 Å². The highest BCUT2D eigenvalue weighted by Gasteiger charge is 2.20. The van der Waals surface area contributed by atoms with Crippen LogP contribution in [0.1, 0.15) is 60.6 Å². The number of benzene rings is 1. The zero-order valence-corrected chi connectivity index (χ0v) is 18.6. The molecule has 0 bridgehead atoms. The second-order valence-electron chi connectivity index (χ2n) is 8.11. The number of carbonyl (C=O) groups excluding carboxylic acids is 2. The van der Waals surface area contributed by atoms with Crippen LogP contribution in [0, 0.1) is 27.7 Å². The SMILES string of the molecule is CCCC[C@@H](NC(=O)CCc1c(C)c2cc3c(C)c(C)oc3c(C)c2oc1=O)C(=O)[O-]. The van der Waals surface area contributed by atoms with Crippen molar-refractivity contribution in [2.24, 2.45) is 0 Å². The Kier molecular flexibility index (Phi) is 6.53. The van der Waals surface area contributed by atoms with Crippen LogP contribution in [0.5, 0.6) is 0 Å². The Morgan fingerprint density at radius 3 is 2.32 bits per heavy atom. The molecule has 1 aromatic carbocycles. The predicted octanol–water partition coefficient (Wildman–Crippen LogP) is 3.13. The Labute approximate surface area is 180 Å². The molecule has 0 aliphatic rings. The summed E-state index contributed by atoms with van der Waals surface area (Å²) in [5.41, 5.74) is 3.66. The first-order valence-electron chi connectivity index (χ1n) is 10.6. The van der Waals surface area contributed by atoms with Crippen molar-refractivity contribution in [2.75, 3.05) is 0 Å². The van der Waals surface area contributed by atoms with Crippen LogP contribution in [0.25, 0.3) is 21.9 Å². The number of rotatable bonds is 8. The van der Waals surface area contributed by atoms with Crippen molar-refractivity contribution in [3.05, 3.63) is 44.5 Å². The highest BCUT2D eigenvalue weighted by molar-refractivity contribution is 6.00. The van der Waals surface area contributed by atoms with Gasteiger partial charge < -0.3 is 24.1 Å². The average Bonchev–Trinajstić information content (AvgIpc) is 3.00. The van der Waals surface area contributed by atoms with E-state index in [4.69, 9.17) is 8.83 Å². The first-order chi connectivity index (χ1) is 14.6. The zero-order chi connectivity index (χ0) is 22.9. The van der Waals surface area contributed by atoms with E-state index in [0.29, 0.717) is 29.6 Å². The molecule has 7 nitrogen and oxygen atoms in total. The van der Waals surface area contributed by atoms with Crippen molar-refractivity contribution >= 4 is 33.8 Å². The van der Waals surface area contributed by atoms with E-state index in [-0.39, 0.29) is 12.8 Å². The molecule has 31 heavy (non-hydrogen) atoms. The lowest BCUT2D eigenvalue weighted by Crippen LogP contribution is -2.47. The molecule has 0 radical (unpaired) electrons. The third kappa shape index (κ3) is 4.36. The third-order valence-corrected chi connectivity index (χ3v) is 6.01. The lowest BCUT2D eigenvalue weighted by molar-refractivity contribution is -0.308. The van der Waals surface area contributed by atoms with Crippen LogP contribution in [0.4, 0.5) is 0 Å². The van der Waals surface area contributed by atoms with E-state index in [2.05, 4.69) is 5.32 Å². The first kappa shape index (κ1) is 22.6. The summed E-state index contributed by atoms with van der Waals surface area (Å²) in [4.78, 5) is 36.2. The van der Waals surface area contributed by atoms with Gasteiger partial charge in [0.2, 0.25) is 5.91 Å². The zero-order valence-electron chi connectivity index (χ0n) is 18.6. The molecule has 3 aromatic rings. The summed E-state index contributed by atoms with van der Waals surface area (Å²) in [6.45, 7) is 9.52. The van der Waals surface area contributed by atoms with E-state index >= 15 is 0 Å². The minimum absolute atomic E-state index is 0.0158. The summed E-state index contributed by atoms with van der Waals surface area (Å²) in [7, 11) is 0. The van der Waals surface area contributed by atoms with E-state index in [0.717, 1.165) is 39.6 Å². The number of hydrogen-bond acceptors (Lipinski definition) is 6. The van der Waals surface area contributed by atoms with Gasteiger partial charge in [0.15, 0.2) is 0 Å². The number of carboxylic acid groups (broad SMARTS) is 1. The number of unbranched alkanes of at least 4 members (excludes halogenated alkanes) is 1. The van der Waals surface area contributed by atoms with Gasteiger partial charge in [0.1, 0.15) is 16.9 Å². The number of aliphatic carboxylic acids is 1. The smallest absolute Gasteiger partial charge is 0.339 e. The molecule has 0 unspecified atom stereocenters. The van der Waals surface area contributed by atoms with Crippen molar-refractivity contribution in [2.45, 2.75) is 72.8 Å². The molecule has 0 fully saturated rings. The number of nitrogens with one attached hydrogen (secondary N) is 1.